The highest BCUT2D eigenvalue weighted by atomic mass is 35.5. The van der Waals surface area contributed by atoms with Crippen LogP contribution in [0.25, 0.3) is 10.9 Å². The fraction of sp³-hybridized carbons (Fsp3) is 0.300. The Hall–Kier alpha value is -2.53. The number of carbonyl (C=O) groups is 1. The maximum atomic E-state index is 13.1. The number of halogens is 1. The summed E-state index contributed by atoms with van der Waals surface area (Å²) in [5.74, 6) is -0.0823. The van der Waals surface area contributed by atoms with Gasteiger partial charge in [0.25, 0.3) is 11.5 Å². The molecule has 3 heterocycles. The summed E-state index contributed by atoms with van der Waals surface area (Å²) >= 11 is 5.99. The van der Waals surface area contributed by atoms with Crippen LogP contribution < -0.4 is 5.56 Å². The quantitative estimate of drug-likeness (QED) is 0.719. The van der Waals surface area contributed by atoms with E-state index in [-0.39, 0.29) is 23.4 Å². The molecule has 1 aliphatic rings. The summed E-state index contributed by atoms with van der Waals surface area (Å²) in [5.41, 5.74) is 3.09. The molecule has 0 fully saturated rings. The van der Waals surface area contributed by atoms with Gasteiger partial charge in [0.05, 0.1) is 11.1 Å². The largest absolute Gasteiger partial charge is 0.356 e. The van der Waals surface area contributed by atoms with Gasteiger partial charge in [-0.15, -0.1) is 0 Å². The van der Waals surface area contributed by atoms with Gasteiger partial charge in [0.2, 0.25) is 0 Å². The van der Waals surface area contributed by atoms with E-state index >= 15 is 0 Å². The van der Waals surface area contributed by atoms with Crippen molar-refractivity contribution in [3.8, 4) is 0 Å². The monoisotopic (exact) mass is 369 g/mol. The lowest BCUT2D eigenvalue weighted by molar-refractivity contribution is 0.0596. The van der Waals surface area contributed by atoms with Crippen molar-refractivity contribution in [2.24, 2.45) is 5.92 Å². The minimum Gasteiger partial charge on any atom is -0.356 e. The van der Waals surface area contributed by atoms with Crippen molar-refractivity contribution in [2.75, 3.05) is 6.54 Å². The molecule has 5 nitrogen and oxygen atoms in total. The predicted octanol–water partition coefficient (Wildman–Crippen LogP) is 3.91. The summed E-state index contributed by atoms with van der Waals surface area (Å²) in [4.78, 5) is 33.1. The molecule has 0 aliphatic carbocycles. The highest BCUT2D eigenvalue weighted by molar-refractivity contribution is 6.30. The topological polar surface area (TPSA) is 69.0 Å². The Morgan fingerprint density at radius 1 is 1.31 bits per heavy atom. The van der Waals surface area contributed by atoms with Crippen molar-refractivity contribution in [1.82, 2.24) is 14.9 Å². The van der Waals surface area contributed by atoms with Crippen molar-refractivity contribution in [3.05, 3.63) is 68.7 Å². The summed E-state index contributed by atoms with van der Waals surface area (Å²) in [6, 6.07) is 9.53. The number of amides is 1. The molecule has 26 heavy (non-hydrogen) atoms. The third-order valence-corrected chi connectivity index (χ3v) is 5.29. The average molecular weight is 370 g/mol. The summed E-state index contributed by atoms with van der Waals surface area (Å²) in [5, 5.41) is 1.55. The maximum absolute atomic E-state index is 13.1. The van der Waals surface area contributed by atoms with Crippen LogP contribution in [0, 0.1) is 5.92 Å². The van der Waals surface area contributed by atoms with E-state index in [1.807, 2.05) is 12.1 Å². The minimum atomic E-state index is -0.413. The summed E-state index contributed by atoms with van der Waals surface area (Å²) in [7, 11) is 0. The number of hydrogen-bond acceptors (Lipinski definition) is 2. The maximum Gasteiger partial charge on any atom is 0.260 e. The second-order valence-electron chi connectivity index (χ2n) is 7.06. The van der Waals surface area contributed by atoms with Crippen LogP contribution in [0.3, 0.4) is 0 Å². The van der Waals surface area contributed by atoms with Crippen LogP contribution in [-0.2, 0) is 6.42 Å². The number of pyridine rings is 1. The molecule has 1 aromatic carbocycles. The highest BCUT2D eigenvalue weighted by Gasteiger charge is 2.36. The number of para-hydroxylation sites is 1. The number of H-pyrrole nitrogens is 2. The standard InChI is InChI=1S/C20H20ClN3O2/c1-11(2)18-17-14(13-5-3-4-6-16(13)23-17)7-8-24(18)20(26)15-9-12(21)10-22-19(15)25/h3-6,9-11,18,23H,7-8H2,1-2H3,(H,22,25)/t18-/m0/s1. The van der Waals surface area contributed by atoms with Crippen LogP contribution in [0.15, 0.2) is 41.3 Å². The molecule has 1 amide bonds. The molecular formula is C20H20ClN3O2. The van der Waals surface area contributed by atoms with Crippen LogP contribution in [0.1, 0.15) is 41.5 Å². The van der Waals surface area contributed by atoms with Gasteiger partial charge in [-0.05, 0) is 30.0 Å². The van der Waals surface area contributed by atoms with Gasteiger partial charge in [0.1, 0.15) is 5.56 Å². The van der Waals surface area contributed by atoms with Crippen molar-refractivity contribution < 1.29 is 4.79 Å². The first-order chi connectivity index (χ1) is 12.5. The van der Waals surface area contributed by atoms with E-state index in [2.05, 4.69) is 35.9 Å². The SMILES string of the molecule is CC(C)[C@H]1c2[nH]c3ccccc3c2CCN1C(=O)c1cc(Cl)c[nH]c1=O. The normalized spacial score (nSPS) is 16.9. The van der Waals surface area contributed by atoms with Crippen molar-refractivity contribution in [1.29, 1.82) is 0 Å². The van der Waals surface area contributed by atoms with Crippen LogP contribution in [-0.4, -0.2) is 27.3 Å². The van der Waals surface area contributed by atoms with E-state index in [0.29, 0.717) is 11.6 Å². The van der Waals surface area contributed by atoms with Crippen molar-refractivity contribution in [2.45, 2.75) is 26.3 Å². The number of nitrogens with zero attached hydrogens (tertiary/aromatic N) is 1. The van der Waals surface area contributed by atoms with Crippen LogP contribution >= 0.6 is 11.6 Å². The predicted molar refractivity (Wildman–Crippen MR) is 103 cm³/mol. The number of nitrogens with one attached hydrogen (secondary N) is 2. The number of aromatic nitrogens is 2. The number of carbonyl (C=O) groups excluding carboxylic acids is 1. The Bertz CT molecular complexity index is 1050. The lowest BCUT2D eigenvalue weighted by Gasteiger charge is -2.38. The molecule has 0 saturated heterocycles. The fourth-order valence-corrected chi connectivity index (χ4v) is 4.13. The third-order valence-electron chi connectivity index (χ3n) is 5.07. The van der Waals surface area contributed by atoms with E-state index in [1.165, 1.54) is 23.2 Å². The zero-order valence-electron chi connectivity index (χ0n) is 14.7. The van der Waals surface area contributed by atoms with Gasteiger partial charge in [-0.1, -0.05) is 43.6 Å². The lowest BCUT2D eigenvalue weighted by atomic mass is 9.90. The molecule has 0 unspecified atom stereocenters. The van der Waals surface area contributed by atoms with Crippen molar-refractivity contribution in [3.63, 3.8) is 0 Å². The number of benzene rings is 1. The van der Waals surface area contributed by atoms with Gasteiger partial charge in [-0.2, -0.15) is 0 Å². The molecule has 6 heteroatoms. The first-order valence-electron chi connectivity index (χ1n) is 8.76. The Morgan fingerprint density at radius 3 is 2.85 bits per heavy atom. The smallest absolute Gasteiger partial charge is 0.260 e. The van der Waals surface area contributed by atoms with Crippen molar-refractivity contribution >= 4 is 28.4 Å². The summed E-state index contributed by atoms with van der Waals surface area (Å²) in [6.45, 7) is 4.75. The number of fused-ring (bicyclic) bond motifs is 3. The minimum absolute atomic E-state index is 0.0858. The molecule has 2 aromatic heterocycles. The van der Waals surface area contributed by atoms with Gasteiger partial charge in [-0.25, -0.2) is 0 Å². The van der Waals surface area contributed by atoms with Gasteiger partial charge in [0.15, 0.2) is 0 Å². The number of aromatic amines is 2. The second-order valence-corrected chi connectivity index (χ2v) is 7.50. The molecule has 0 saturated carbocycles. The Morgan fingerprint density at radius 2 is 2.08 bits per heavy atom. The van der Waals surface area contributed by atoms with Crippen LogP contribution in [0.4, 0.5) is 0 Å². The van der Waals surface area contributed by atoms with E-state index in [0.717, 1.165) is 17.6 Å². The van der Waals surface area contributed by atoms with E-state index in [4.69, 9.17) is 11.6 Å². The zero-order chi connectivity index (χ0) is 18.4. The summed E-state index contributed by atoms with van der Waals surface area (Å²) in [6.07, 6.45) is 2.15. The molecule has 1 atom stereocenters. The molecule has 0 spiro atoms. The lowest BCUT2D eigenvalue weighted by Crippen LogP contribution is -2.43. The molecule has 3 aromatic rings. The van der Waals surface area contributed by atoms with Crippen LogP contribution in [0.5, 0.6) is 0 Å². The fourth-order valence-electron chi connectivity index (χ4n) is 3.96. The number of rotatable bonds is 2. The first-order valence-corrected chi connectivity index (χ1v) is 9.14. The number of hydrogen-bond donors (Lipinski definition) is 2. The molecule has 4 rings (SSSR count). The van der Waals surface area contributed by atoms with Gasteiger partial charge in [0, 0.05) is 29.3 Å². The molecule has 0 bridgehead atoms. The molecule has 1 aliphatic heterocycles. The second kappa shape index (κ2) is 6.32. The van der Waals surface area contributed by atoms with E-state index in [9.17, 15) is 9.59 Å². The highest BCUT2D eigenvalue weighted by Crippen LogP contribution is 2.38. The molecular weight excluding hydrogens is 350 g/mol. The Balaban J connectivity index is 1.81. The van der Waals surface area contributed by atoms with Gasteiger partial charge < -0.3 is 14.9 Å². The van der Waals surface area contributed by atoms with Gasteiger partial charge >= 0.3 is 0 Å². The first kappa shape index (κ1) is 16.9. The Labute approximate surface area is 156 Å². The summed E-state index contributed by atoms with van der Waals surface area (Å²) < 4.78 is 0. The average Bonchev–Trinajstić information content (AvgIpc) is 3.00. The van der Waals surface area contributed by atoms with E-state index < -0.39 is 5.56 Å². The van der Waals surface area contributed by atoms with E-state index in [1.54, 1.807) is 4.90 Å². The van der Waals surface area contributed by atoms with Gasteiger partial charge in [-0.3, -0.25) is 9.59 Å². The molecule has 0 radical (unpaired) electrons. The zero-order valence-corrected chi connectivity index (χ0v) is 15.4. The molecule has 134 valence electrons. The molecule has 2 N–H and O–H groups in total. The van der Waals surface area contributed by atoms with Crippen LogP contribution in [0.2, 0.25) is 5.02 Å². The third kappa shape index (κ3) is 2.63. The Kier molecular flexibility index (Phi) is 4.11.